The minimum absolute atomic E-state index is 0.160. The average molecular weight is 787 g/mol. The summed E-state index contributed by atoms with van der Waals surface area (Å²) in [6.45, 7) is 7.89. The van der Waals surface area contributed by atoms with E-state index in [1.165, 1.54) is 9.98 Å². The molecule has 0 unspecified atom stereocenters. The first-order valence-corrected chi connectivity index (χ1v) is 19.1. The minimum atomic E-state index is -0.273. The number of halogens is 1. The van der Waals surface area contributed by atoms with Crippen molar-refractivity contribution >= 4 is 51.2 Å². The maximum absolute atomic E-state index is 12.8. The van der Waals surface area contributed by atoms with Crippen LogP contribution in [0.4, 0.5) is 5.82 Å². The molecule has 5 aromatic rings. The molecule has 3 aromatic carbocycles. The predicted molar refractivity (Wildman–Crippen MR) is 217 cm³/mol. The summed E-state index contributed by atoms with van der Waals surface area (Å²) < 4.78 is 23.8. The van der Waals surface area contributed by atoms with Gasteiger partial charge in [-0.25, -0.2) is 10.9 Å². The monoisotopic (exact) mass is 786 g/mol. The molecule has 2 heterocycles. The van der Waals surface area contributed by atoms with E-state index in [4.69, 9.17) is 42.4 Å². The standard InChI is InChI=1S/C42H51ClN6O7/c1-29-5-14-36-37-25-32(26-47-40(37)41(44)48-38(36)23-29)8-9-33-12-13-35(24-30(33)2)55-27-31-6-10-34(11-7-31)42(51)49(43)16-4-18-53-20-22-54-21-19-52-17-3-15-46-39(50)28-56-45/h5-7,10-14,23-26H,3-4,8-9,15-22,27-28,45H2,1-2H3,(H2,44,48)(H,46,50). The topological polar surface area (TPSA) is 173 Å². The van der Waals surface area contributed by atoms with E-state index < -0.39 is 0 Å². The molecule has 2 aromatic heterocycles. The van der Waals surface area contributed by atoms with E-state index in [-0.39, 0.29) is 18.4 Å². The second-order valence-corrected chi connectivity index (χ2v) is 13.8. The van der Waals surface area contributed by atoms with Gasteiger partial charge in [-0.1, -0.05) is 30.3 Å². The van der Waals surface area contributed by atoms with Crippen molar-refractivity contribution in [3.05, 3.63) is 106 Å². The summed E-state index contributed by atoms with van der Waals surface area (Å²) in [5.74, 6) is 5.53. The molecule has 0 radical (unpaired) electrons. The van der Waals surface area contributed by atoms with Crippen LogP contribution in [0, 0.1) is 13.8 Å². The first kappa shape index (κ1) is 42.3. The number of amides is 2. The van der Waals surface area contributed by atoms with Crippen molar-refractivity contribution in [3.8, 4) is 5.75 Å². The van der Waals surface area contributed by atoms with Crippen LogP contribution in [0.25, 0.3) is 21.8 Å². The molecule has 0 saturated heterocycles. The molecule has 56 heavy (non-hydrogen) atoms. The number of carbonyl (C=O) groups excluding carboxylic acids is 2. The van der Waals surface area contributed by atoms with Crippen LogP contribution in [-0.4, -0.2) is 85.5 Å². The van der Waals surface area contributed by atoms with Crippen molar-refractivity contribution in [2.45, 2.75) is 46.1 Å². The number of nitrogens with two attached hydrogens (primary N) is 2. The fourth-order valence-electron chi connectivity index (χ4n) is 6.04. The zero-order chi connectivity index (χ0) is 39.7. The first-order chi connectivity index (χ1) is 27.2. The van der Waals surface area contributed by atoms with Gasteiger partial charge in [0.25, 0.3) is 5.91 Å². The normalized spacial score (nSPS) is 11.3. The number of nitrogens with zero attached hydrogens (tertiary/aromatic N) is 3. The van der Waals surface area contributed by atoms with Gasteiger partial charge in [0.05, 0.1) is 31.9 Å². The molecule has 5 rings (SSSR count). The highest BCUT2D eigenvalue weighted by atomic mass is 35.5. The molecule has 0 spiro atoms. The number of hydrogen-bond donors (Lipinski definition) is 3. The second kappa shape index (κ2) is 22.0. The van der Waals surface area contributed by atoms with Gasteiger partial charge in [0.1, 0.15) is 24.5 Å². The number of benzene rings is 3. The Balaban J connectivity index is 0.957. The van der Waals surface area contributed by atoms with Crippen LogP contribution in [0.5, 0.6) is 5.75 Å². The van der Waals surface area contributed by atoms with Crippen molar-refractivity contribution in [1.29, 1.82) is 0 Å². The second-order valence-electron chi connectivity index (χ2n) is 13.4. The molecular formula is C42H51ClN6O7. The number of nitrogen functional groups attached to an aromatic ring is 1. The van der Waals surface area contributed by atoms with E-state index in [1.807, 2.05) is 31.3 Å². The lowest BCUT2D eigenvalue weighted by molar-refractivity contribution is -0.125. The van der Waals surface area contributed by atoms with E-state index in [0.29, 0.717) is 83.6 Å². The Bertz CT molecular complexity index is 2050. The zero-order valence-corrected chi connectivity index (χ0v) is 32.8. The van der Waals surface area contributed by atoms with E-state index in [2.05, 4.69) is 63.4 Å². The quantitative estimate of drug-likeness (QED) is 0.0317. The number of carbonyl (C=O) groups is 2. The Morgan fingerprint density at radius 2 is 1.55 bits per heavy atom. The molecule has 0 saturated carbocycles. The minimum Gasteiger partial charge on any atom is -0.489 e. The van der Waals surface area contributed by atoms with Crippen LogP contribution in [0.1, 0.15) is 51.0 Å². The average Bonchev–Trinajstić information content (AvgIpc) is 3.19. The van der Waals surface area contributed by atoms with Gasteiger partial charge in [-0.05, 0) is 104 Å². The molecule has 14 heteroatoms. The Morgan fingerprint density at radius 3 is 2.29 bits per heavy atom. The third-order valence-corrected chi connectivity index (χ3v) is 9.41. The van der Waals surface area contributed by atoms with Crippen LogP contribution < -0.4 is 21.7 Å². The molecule has 13 nitrogen and oxygen atoms in total. The number of anilines is 1. The van der Waals surface area contributed by atoms with Crippen LogP contribution in [0.2, 0.25) is 0 Å². The molecule has 298 valence electrons. The van der Waals surface area contributed by atoms with Crippen molar-refractivity contribution in [2.24, 2.45) is 5.90 Å². The molecule has 5 N–H and O–H groups in total. The molecule has 2 amide bonds. The van der Waals surface area contributed by atoms with Gasteiger partial charge in [-0.2, -0.15) is 0 Å². The van der Waals surface area contributed by atoms with Crippen LogP contribution in [0.3, 0.4) is 0 Å². The fourth-order valence-corrected chi connectivity index (χ4v) is 6.26. The summed E-state index contributed by atoms with van der Waals surface area (Å²) in [7, 11) is 0. The molecule has 0 aliphatic rings. The van der Waals surface area contributed by atoms with E-state index in [9.17, 15) is 9.59 Å². The Morgan fingerprint density at radius 1 is 0.821 bits per heavy atom. The van der Waals surface area contributed by atoms with Gasteiger partial charge < -0.3 is 30.0 Å². The van der Waals surface area contributed by atoms with Crippen LogP contribution in [0.15, 0.2) is 72.9 Å². The van der Waals surface area contributed by atoms with Crippen molar-refractivity contribution in [2.75, 3.05) is 65.1 Å². The first-order valence-electron chi connectivity index (χ1n) is 18.8. The summed E-state index contributed by atoms with van der Waals surface area (Å²) in [6.07, 6.45) is 4.86. The smallest absolute Gasteiger partial charge is 0.268 e. The SMILES string of the molecule is Cc1ccc2c(c1)nc(N)c1ncc(CCc3ccc(OCc4ccc(C(=O)N(Cl)CCCOCCOCCOCCCNC(=O)CON)cc4)cc3C)cc12. The number of rotatable bonds is 23. The van der Waals surface area contributed by atoms with E-state index >= 15 is 0 Å². The lowest BCUT2D eigenvalue weighted by atomic mass is 9.99. The lowest BCUT2D eigenvalue weighted by Gasteiger charge is -2.14. The van der Waals surface area contributed by atoms with Crippen LogP contribution in [-0.2, 0) is 43.3 Å². The fraction of sp³-hybridized carbons (Fsp3) is 0.381. The van der Waals surface area contributed by atoms with E-state index in [1.54, 1.807) is 12.1 Å². The molecule has 0 aliphatic heterocycles. The summed E-state index contributed by atoms with van der Waals surface area (Å²) in [5.41, 5.74) is 14.0. The Hall–Kier alpha value is -4.89. The number of ether oxygens (including phenoxy) is 4. The number of pyridine rings is 2. The maximum Gasteiger partial charge on any atom is 0.268 e. The third-order valence-electron chi connectivity index (χ3n) is 9.08. The van der Waals surface area contributed by atoms with Gasteiger partial charge in [0.15, 0.2) is 5.82 Å². The number of aromatic nitrogens is 2. The predicted octanol–water partition coefficient (Wildman–Crippen LogP) is 5.78. The summed E-state index contributed by atoms with van der Waals surface area (Å²) in [5, 5.41) is 4.74. The van der Waals surface area contributed by atoms with Gasteiger partial charge >= 0.3 is 0 Å². The summed E-state index contributed by atoms with van der Waals surface area (Å²) in [4.78, 5) is 37.5. The third kappa shape index (κ3) is 12.8. The Kier molecular flexibility index (Phi) is 16.6. The zero-order valence-electron chi connectivity index (χ0n) is 32.1. The molecule has 0 aliphatic carbocycles. The van der Waals surface area contributed by atoms with Crippen molar-refractivity contribution in [1.82, 2.24) is 19.7 Å². The summed E-state index contributed by atoms with van der Waals surface area (Å²) >= 11 is 6.28. The molecule has 0 fully saturated rings. The lowest BCUT2D eigenvalue weighted by Crippen LogP contribution is -2.30. The highest BCUT2D eigenvalue weighted by Crippen LogP contribution is 2.28. The molecule has 0 bridgehead atoms. The Labute approximate surface area is 332 Å². The van der Waals surface area contributed by atoms with Gasteiger partial charge in [-0.3, -0.25) is 23.8 Å². The number of fused-ring (bicyclic) bond motifs is 3. The highest BCUT2D eigenvalue weighted by molar-refractivity contribution is 6.24. The molecule has 0 atom stereocenters. The van der Waals surface area contributed by atoms with Crippen molar-refractivity contribution in [3.63, 3.8) is 0 Å². The maximum atomic E-state index is 12.8. The summed E-state index contributed by atoms with van der Waals surface area (Å²) in [6, 6.07) is 21.9. The number of nitrogens with one attached hydrogen (secondary N) is 1. The number of hydrogen-bond acceptors (Lipinski definition) is 11. The number of aryl methyl sites for hydroxylation is 4. The molecular weight excluding hydrogens is 736 g/mol. The van der Waals surface area contributed by atoms with Gasteiger partial charge in [-0.15, -0.1) is 0 Å². The largest absolute Gasteiger partial charge is 0.489 e. The van der Waals surface area contributed by atoms with Crippen molar-refractivity contribution < 1.29 is 33.4 Å². The van der Waals surface area contributed by atoms with Gasteiger partial charge in [0, 0.05) is 60.6 Å². The van der Waals surface area contributed by atoms with Gasteiger partial charge in [0.2, 0.25) is 5.91 Å². The highest BCUT2D eigenvalue weighted by Gasteiger charge is 2.14. The van der Waals surface area contributed by atoms with E-state index in [0.717, 1.165) is 62.7 Å². The van der Waals surface area contributed by atoms with Crippen LogP contribution >= 0.6 is 11.8 Å².